The first-order valence-electron chi connectivity index (χ1n) is 9.30. The second-order valence-corrected chi connectivity index (χ2v) is 6.75. The van der Waals surface area contributed by atoms with E-state index in [1.165, 1.54) is 6.07 Å². The van der Waals surface area contributed by atoms with E-state index in [4.69, 9.17) is 4.42 Å². The average Bonchev–Trinajstić information content (AvgIpc) is 3.35. The monoisotopic (exact) mass is 376 g/mol. The van der Waals surface area contributed by atoms with E-state index in [1.54, 1.807) is 24.5 Å². The molecule has 0 saturated heterocycles. The van der Waals surface area contributed by atoms with E-state index in [2.05, 4.69) is 5.32 Å². The molecule has 0 unspecified atom stereocenters. The van der Waals surface area contributed by atoms with Crippen LogP contribution in [0.5, 0.6) is 0 Å². The van der Waals surface area contributed by atoms with Crippen molar-refractivity contribution in [3.8, 4) is 0 Å². The summed E-state index contributed by atoms with van der Waals surface area (Å²) in [6, 6.07) is 18.5. The van der Waals surface area contributed by atoms with Crippen molar-refractivity contribution in [3.05, 3.63) is 95.8 Å². The van der Waals surface area contributed by atoms with Gasteiger partial charge in [-0.15, -0.1) is 0 Å². The van der Waals surface area contributed by atoms with E-state index in [0.717, 1.165) is 22.2 Å². The summed E-state index contributed by atoms with van der Waals surface area (Å²) in [5, 5.41) is 3.96. The zero-order valence-electron chi connectivity index (χ0n) is 15.4. The van der Waals surface area contributed by atoms with Crippen LogP contribution >= 0.6 is 0 Å². The number of halogens is 1. The van der Waals surface area contributed by atoms with Crippen LogP contribution in [-0.2, 0) is 24.3 Å². The van der Waals surface area contributed by atoms with Crippen LogP contribution < -0.4 is 5.32 Å². The molecule has 0 aliphatic carbocycles. The number of amides is 1. The number of aromatic nitrogens is 1. The van der Waals surface area contributed by atoms with Crippen molar-refractivity contribution < 1.29 is 13.6 Å². The van der Waals surface area contributed by atoms with Gasteiger partial charge in [-0.1, -0.05) is 36.4 Å². The molecule has 0 fully saturated rings. The molecular formula is C23H21FN2O2. The highest BCUT2D eigenvalue weighted by molar-refractivity contribution is 5.85. The van der Waals surface area contributed by atoms with Gasteiger partial charge in [0, 0.05) is 29.1 Å². The molecule has 0 spiro atoms. The fourth-order valence-corrected chi connectivity index (χ4v) is 3.40. The lowest BCUT2D eigenvalue weighted by molar-refractivity contribution is -0.121. The first-order chi connectivity index (χ1) is 13.7. The number of para-hydroxylation sites is 1. The van der Waals surface area contributed by atoms with Crippen LogP contribution in [0.15, 0.2) is 77.5 Å². The molecule has 28 heavy (non-hydrogen) atoms. The van der Waals surface area contributed by atoms with Crippen LogP contribution in [0.4, 0.5) is 4.39 Å². The lowest BCUT2D eigenvalue weighted by Gasteiger charge is -2.06. The maximum Gasteiger partial charge on any atom is 0.220 e. The predicted molar refractivity (Wildman–Crippen MR) is 106 cm³/mol. The van der Waals surface area contributed by atoms with E-state index in [0.29, 0.717) is 31.5 Å². The topological polar surface area (TPSA) is 47.2 Å². The molecule has 0 saturated carbocycles. The Balaban J connectivity index is 1.48. The van der Waals surface area contributed by atoms with E-state index in [1.807, 2.05) is 47.2 Å². The van der Waals surface area contributed by atoms with Crippen LogP contribution in [0.25, 0.3) is 10.9 Å². The molecule has 5 heteroatoms. The lowest BCUT2D eigenvalue weighted by atomic mass is 10.1. The van der Waals surface area contributed by atoms with Gasteiger partial charge >= 0.3 is 0 Å². The third-order valence-electron chi connectivity index (χ3n) is 4.83. The fourth-order valence-electron chi connectivity index (χ4n) is 3.40. The smallest absolute Gasteiger partial charge is 0.220 e. The summed E-state index contributed by atoms with van der Waals surface area (Å²) >= 11 is 0. The van der Waals surface area contributed by atoms with Gasteiger partial charge in [0.1, 0.15) is 11.6 Å². The Kier molecular flexibility index (Phi) is 5.24. The summed E-state index contributed by atoms with van der Waals surface area (Å²) in [7, 11) is 0. The Bertz CT molecular complexity index is 1080. The largest absolute Gasteiger partial charge is 0.467 e. The molecule has 142 valence electrons. The van der Waals surface area contributed by atoms with Gasteiger partial charge in [-0.2, -0.15) is 0 Å². The molecule has 2 aromatic carbocycles. The lowest BCUT2D eigenvalue weighted by Crippen LogP contribution is -2.22. The summed E-state index contributed by atoms with van der Waals surface area (Å²) in [5.41, 5.74) is 2.77. The molecule has 0 aliphatic heterocycles. The van der Waals surface area contributed by atoms with Gasteiger partial charge in [0.2, 0.25) is 5.91 Å². The number of nitrogens with one attached hydrogen (secondary N) is 1. The summed E-state index contributed by atoms with van der Waals surface area (Å²) in [6.45, 7) is 0.846. The molecule has 2 heterocycles. The Labute approximate surface area is 162 Å². The van der Waals surface area contributed by atoms with Gasteiger partial charge in [0.25, 0.3) is 0 Å². The number of aryl methyl sites for hydroxylation is 1. The second kappa shape index (κ2) is 8.13. The standard InChI is InChI=1S/C23H21FN2O2/c24-21-9-3-1-6-18(21)16-26-15-17(20-8-2-4-10-22(20)26)11-12-23(27)25-14-19-7-5-13-28-19/h1-10,13,15H,11-12,14,16H2,(H,25,27). The number of hydrogen-bond donors (Lipinski definition) is 1. The SMILES string of the molecule is O=C(CCc1cn(Cc2ccccc2F)c2ccccc12)NCc1ccco1. The van der Waals surface area contributed by atoms with Crippen LogP contribution in [0.1, 0.15) is 23.3 Å². The maximum atomic E-state index is 14.1. The highest BCUT2D eigenvalue weighted by Crippen LogP contribution is 2.24. The zero-order valence-corrected chi connectivity index (χ0v) is 15.4. The summed E-state index contributed by atoms with van der Waals surface area (Å²) in [4.78, 5) is 12.2. The van der Waals surface area contributed by atoms with Crippen LogP contribution in [-0.4, -0.2) is 10.5 Å². The van der Waals surface area contributed by atoms with Gasteiger partial charge in [-0.05, 0) is 36.2 Å². The summed E-state index contributed by atoms with van der Waals surface area (Å²) in [6.07, 6.45) is 4.62. The molecule has 1 amide bonds. The molecule has 4 rings (SSSR count). The third kappa shape index (κ3) is 3.98. The molecule has 1 N–H and O–H groups in total. The minimum atomic E-state index is -0.209. The van der Waals surface area contributed by atoms with E-state index < -0.39 is 0 Å². The highest BCUT2D eigenvalue weighted by Gasteiger charge is 2.12. The van der Waals surface area contributed by atoms with Gasteiger partial charge in [-0.25, -0.2) is 4.39 Å². The Morgan fingerprint density at radius 3 is 2.64 bits per heavy atom. The van der Waals surface area contributed by atoms with Gasteiger partial charge in [-0.3, -0.25) is 4.79 Å². The minimum absolute atomic E-state index is 0.0256. The van der Waals surface area contributed by atoms with Gasteiger partial charge in [0.05, 0.1) is 19.4 Å². The van der Waals surface area contributed by atoms with E-state index in [-0.39, 0.29) is 11.7 Å². The summed E-state index contributed by atoms with van der Waals surface area (Å²) < 4.78 is 21.3. The highest BCUT2D eigenvalue weighted by atomic mass is 19.1. The number of rotatable bonds is 7. The maximum absolute atomic E-state index is 14.1. The molecule has 4 nitrogen and oxygen atoms in total. The molecule has 0 bridgehead atoms. The van der Waals surface area contributed by atoms with Gasteiger partial charge < -0.3 is 14.3 Å². The van der Waals surface area contributed by atoms with Crippen molar-refractivity contribution in [2.24, 2.45) is 0 Å². The number of furan rings is 1. The number of hydrogen-bond acceptors (Lipinski definition) is 2. The van der Waals surface area contributed by atoms with Crippen LogP contribution in [0, 0.1) is 5.82 Å². The molecule has 0 radical (unpaired) electrons. The zero-order chi connectivity index (χ0) is 19.3. The number of fused-ring (bicyclic) bond motifs is 1. The molecule has 0 aliphatic rings. The Hall–Kier alpha value is -3.34. The predicted octanol–water partition coefficient (Wildman–Crippen LogP) is 4.67. The van der Waals surface area contributed by atoms with Crippen molar-refractivity contribution in [1.29, 1.82) is 0 Å². The number of carbonyl (C=O) groups is 1. The Morgan fingerprint density at radius 2 is 1.82 bits per heavy atom. The molecule has 2 aromatic heterocycles. The van der Waals surface area contributed by atoms with Crippen molar-refractivity contribution >= 4 is 16.8 Å². The number of carbonyl (C=O) groups excluding carboxylic acids is 1. The van der Waals surface area contributed by atoms with E-state index in [9.17, 15) is 9.18 Å². The third-order valence-corrected chi connectivity index (χ3v) is 4.83. The van der Waals surface area contributed by atoms with Crippen LogP contribution in [0.2, 0.25) is 0 Å². The van der Waals surface area contributed by atoms with Gasteiger partial charge in [0.15, 0.2) is 0 Å². The van der Waals surface area contributed by atoms with Crippen LogP contribution in [0.3, 0.4) is 0 Å². The number of benzene rings is 2. The first-order valence-corrected chi connectivity index (χ1v) is 9.30. The molecule has 4 aromatic rings. The molecule has 0 atom stereocenters. The average molecular weight is 376 g/mol. The molecular weight excluding hydrogens is 355 g/mol. The fraction of sp³-hybridized carbons (Fsp3) is 0.174. The minimum Gasteiger partial charge on any atom is -0.467 e. The second-order valence-electron chi connectivity index (χ2n) is 6.75. The van der Waals surface area contributed by atoms with Crippen molar-refractivity contribution in [3.63, 3.8) is 0 Å². The van der Waals surface area contributed by atoms with E-state index >= 15 is 0 Å². The Morgan fingerprint density at radius 1 is 1.00 bits per heavy atom. The van der Waals surface area contributed by atoms with Crippen molar-refractivity contribution in [2.75, 3.05) is 0 Å². The normalized spacial score (nSPS) is 11.0. The number of nitrogens with zero attached hydrogens (tertiary/aromatic N) is 1. The van der Waals surface area contributed by atoms with Crippen molar-refractivity contribution in [1.82, 2.24) is 9.88 Å². The van der Waals surface area contributed by atoms with Crippen molar-refractivity contribution in [2.45, 2.75) is 25.9 Å². The quantitative estimate of drug-likeness (QED) is 0.509. The first kappa shape index (κ1) is 18.0. The summed E-state index contributed by atoms with van der Waals surface area (Å²) in [5.74, 6) is 0.497.